The van der Waals surface area contributed by atoms with Gasteiger partial charge in [-0.3, -0.25) is 0 Å². The van der Waals surface area contributed by atoms with Crippen molar-refractivity contribution in [1.29, 1.82) is 0 Å². The van der Waals surface area contributed by atoms with E-state index in [1.54, 1.807) is 6.92 Å². The minimum Gasteiger partial charge on any atom is -0.494 e. The molecule has 1 aromatic carbocycles. The van der Waals surface area contributed by atoms with Crippen molar-refractivity contribution in [2.45, 2.75) is 20.4 Å². The summed E-state index contributed by atoms with van der Waals surface area (Å²) in [6.07, 6.45) is 0. The van der Waals surface area contributed by atoms with Gasteiger partial charge in [-0.05, 0) is 31.5 Å². The van der Waals surface area contributed by atoms with Crippen LogP contribution in [0.4, 0.5) is 5.69 Å². The van der Waals surface area contributed by atoms with Gasteiger partial charge in [0.1, 0.15) is 17.3 Å². The monoisotopic (exact) mass is 311 g/mol. The third-order valence-electron chi connectivity index (χ3n) is 2.64. The standard InChI is InChI=1S/C14H15Cl2N3O/c1-3-20-11-6-4-10(5-7-11)8-17-12-13(15)18-9(2)19-14(12)16/h4-7,17H,3,8H2,1-2H3. The van der Waals surface area contributed by atoms with Crippen molar-refractivity contribution in [3.63, 3.8) is 0 Å². The average molecular weight is 312 g/mol. The Kier molecular flexibility index (Phi) is 5.04. The van der Waals surface area contributed by atoms with E-state index in [0.717, 1.165) is 11.3 Å². The van der Waals surface area contributed by atoms with Crippen LogP contribution in [0.15, 0.2) is 24.3 Å². The van der Waals surface area contributed by atoms with Gasteiger partial charge in [0.15, 0.2) is 10.3 Å². The number of nitrogens with one attached hydrogen (secondary N) is 1. The van der Waals surface area contributed by atoms with Gasteiger partial charge in [-0.15, -0.1) is 0 Å². The molecule has 20 heavy (non-hydrogen) atoms. The first-order chi connectivity index (χ1) is 9.60. The largest absolute Gasteiger partial charge is 0.494 e. The van der Waals surface area contributed by atoms with Gasteiger partial charge in [-0.25, -0.2) is 9.97 Å². The summed E-state index contributed by atoms with van der Waals surface area (Å²) in [6, 6.07) is 7.81. The summed E-state index contributed by atoms with van der Waals surface area (Å²) >= 11 is 12.1. The lowest BCUT2D eigenvalue weighted by atomic mass is 10.2. The van der Waals surface area contributed by atoms with Crippen molar-refractivity contribution in [1.82, 2.24) is 9.97 Å². The zero-order chi connectivity index (χ0) is 14.5. The molecule has 106 valence electrons. The fraction of sp³-hybridized carbons (Fsp3) is 0.286. The molecule has 0 spiro atoms. The second kappa shape index (κ2) is 6.77. The number of hydrogen-bond donors (Lipinski definition) is 1. The number of aryl methyl sites for hydroxylation is 1. The summed E-state index contributed by atoms with van der Waals surface area (Å²) in [6.45, 7) is 4.94. The van der Waals surface area contributed by atoms with Crippen molar-refractivity contribution in [3.8, 4) is 5.75 Å². The van der Waals surface area contributed by atoms with Gasteiger partial charge < -0.3 is 10.1 Å². The van der Waals surface area contributed by atoms with Crippen LogP contribution in [0.1, 0.15) is 18.3 Å². The van der Waals surface area contributed by atoms with Gasteiger partial charge in [0, 0.05) is 6.54 Å². The quantitative estimate of drug-likeness (QED) is 0.844. The van der Waals surface area contributed by atoms with Crippen molar-refractivity contribution in [2.75, 3.05) is 11.9 Å². The van der Waals surface area contributed by atoms with Gasteiger partial charge >= 0.3 is 0 Å². The predicted octanol–water partition coefficient (Wildman–Crippen LogP) is 4.10. The van der Waals surface area contributed by atoms with E-state index in [1.807, 2.05) is 31.2 Å². The van der Waals surface area contributed by atoms with Crippen LogP contribution < -0.4 is 10.1 Å². The number of anilines is 1. The number of nitrogens with zero attached hydrogens (tertiary/aromatic N) is 2. The number of ether oxygens (including phenoxy) is 1. The fourth-order valence-electron chi connectivity index (χ4n) is 1.71. The Morgan fingerprint density at radius 2 is 1.70 bits per heavy atom. The molecule has 1 N–H and O–H groups in total. The first kappa shape index (κ1) is 14.9. The highest BCUT2D eigenvalue weighted by molar-refractivity contribution is 6.37. The highest BCUT2D eigenvalue weighted by atomic mass is 35.5. The predicted molar refractivity (Wildman–Crippen MR) is 81.7 cm³/mol. The molecule has 0 fully saturated rings. The SMILES string of the molecule is CCOc1ccc(CNc2c(Cl)nc(C)nc2Cl)cc1. The zero-order valence-electron chi connectivity index (χ0n) is 11.3. The van der Waals surface area contributed by atoms with Gasteiger partial charge in [0.2, 0.25) is 0 Å². The Hall–Kier alpha value is -1.52. The molecule has 0 amide bonds. The van der Waals surface area contributed by atoms with Crippen LogP contribution >= 0.6 is 23.2 Å². The molecular weight excluding hydrogens is 297 g/mol. The molecule has 0 saturated carbocycles. The summed E-state index contributed by atoms with van der Waals surface area (Å²) in [5, 5.41) is 3.80. The molecule has 0 unspecified atom stereocenters. The van der Waals surface area contributed by atoms with Crippen LogP contribution in [0, 0.1) is 6.92 Å². The molecule has 0 bridgehead atoms. The van der Waals surface area contributed by atoms with Crippen molar-refractivity contribution in [3.05, 3.63) is 46.0 Å². The number of halogens is 2. The maximum atomic E-state index is 6.05. The lowest BCUT2D eigenvalue weighted by Gasteiger charge is -2.10. The van der Waals surface area contributed by atoms with Gasteiger partial charge in [0.25, 0.3) is 0 Å². The molecule has 2 rings (SSSR count). The number of aromatic nitrogens is 2. The molecule has 1 heterocycles. The van der Waals surface area contributed by atoms with E-state index in [-0.39, 0.29) is 0 Å². The van der Waals surface area contributed by atoms with Crippen LogP contribution in [0.3, 0.4) is 0 Å². The summed E-state index contributed by atoms with van der Waals surface area (Å²) in [4.78, 5) is 8.15. The molecule has 0 aliphatic rings. The van der Waals surface area contributed by atoms with Gasteiger partial charge in [-0.1, -0.05) is 35.3 Å². The number of rotatable bonds is 5. The Balaban J connectivity index is 2.05. The van der Waals surface area contributed by atoms with E-state index in [4.69, 9.17) is 27.9 Å². The second-order valence-electron chi connectivity index (χ2n) is 4.16. The first-order valence-corrected chi connectivity index (χ1v) is 7.01. The van der Waals surface area contributed by atoms with Crippen molar-refractivity contribution in [2.24, 2.45) is 0 Å². The van der Waals surface area contributed by atoms with Crippen LogP contribution in [-0.4, -0.2) is 16.6 Å². The molecule has 0 radical (unpaired) electrons. The number of benzene rings is 1. The van der Waals surface area contributed by atoms with Crippen molar-refractivity contribution >= 4 is 28.9 Å². The summed E-state index contributed by atoms with van der Waals surface area (Å²) < 4.78 is 5.39. The van der Waals surface area contributed by atoms with Crippen LogP contribution in [0.25, 0.3) is 0 Å². The van der Waals surface area contributed by atoms with Crippen molar-refractivity contribution < 1.29 is 4.74 Å². The fourth-order valence-corrected chi connectivity index (χ4v) is 2.32. The van der Waals surface area contributed by atoms with Crippen LogP contribution in [0.2, 0.25) is 10.3 Å². The summed E-state index contributed by atoms with van der Waals surface area (Å²) in [5.41, 5.74) is 1.63. The lowest BCUT2D eigenvalue weighted by Crippen LogP contribution is -2.04. The van der Waals surface area contributed by atoms with E-state index < -0.39 is 0 Å². The van der Waals surface area contributed by atoms with Gasteiger partial charge in [0.05, 0.1) is 6.61 Å². The normalized spacial score (nSPS) is 10.4. The van der Waals surface area contributed by atoms with E-state index in [9.17, 15) is 0 Å². The summed E-state index contributed by atoms with van der Waals surface area (Å²) in [5.74, 6) is 1.40. The van der Waals surface area contributed by atoms with Gasteiger partial charge in [-0.2, -0.15) is 0 Å². The Morgan fingerprint density at radius 1 is 1.10 bits per heavy atom. The first-order valence-electron chi connectivity index (χ1n) is 6.25. The molecule has 0 aliphatic carbocycles. The maximum Gasteiger partial charge on any atom is 0.157 e. The molecule has 0 atom stereocenters. The molecule has 1 aromatic heterocycles. The Bertz CT molecular complexity index is 564. The second-order valence-corrected chi connectivity index (χ2v) is 4.87. The number of hydrogen-bond acceptors (Lipinski definition) is 4. The smallest absolute Gasteiger partial charge is 0.157 e. The highest BCUT2D eigenvalue weighted by Gasteiger charge is 2.09. The molecular formula is C14H15Cl2N3O. The lowest BCUT2D eigenvalue weighted by molar-refractivity contribution is 0.340. The third kappa shape index (κ3) is 3.74. The topological polar surface area (TPSA) is 47.0 Å². The van der Waals surface area contributed by atoms with E-state index in [1.165, 1.54) is 0 Å². The Labute approximate surface area is 128 Å². The molecule has 0 aliphatic heterocycles. The molecule has 4 nitrogen and oxygen atoms in total. The molecule has 2 aromatic rings. The highest BCUT2D eigenvalue weighted by Crippen LogP contribution is 2.27. The van der Waals surface area contributed by atoms with E-state index in [0.29, 0.717) is 35.0 Å². The third-order valence-corrected chi connectivity index (χ3v) is 3.18. The molecule has 0 saturated heterocycles. The zero-order valence-corrected chi connectivity index (χ0v) is 12.8. The molecule has 6 heteroatoms. The van der Waals surface area contributed by atoms with E-state index >= 15 is 0 Å². The minimum absolute atomic E-state index is 0.327. The maximum absolute atomic E-state index is 6.05. The average Bonchev–Trinajstić information content (AvgIpc) is 2.39. The Morgan fingerprint density at radius 3 is 2.25 bits per heavy atom. The van der Waals surface area contributed by atoms with Crippen LogP contribution in [0.5, 0.6) is 5.75 Å². The summed E-state index contributed by atoms with van der Waals surface area (Å²) in [7, 11) is 0. The minimum atomic E-state index is 0.327. The van der Waals surface area contributed by atoms with E-state index in [2.05, 4.69) is 15.3 Å². The van der Waals surface area contributed by atoms with Crippen LogP contribution in [-0.2, 0) is 6.54 Å².